The molecule has 6 nitrogen and oxygen atoms in total. The third kappa shape index (κ3) is 2.22. The Morgan fingerprint density at radius 2 is 2.14 bits per heavy atom. The molecule has 0 fully saturated rings. The van der Waals surface area contributed by atoms with Crippen LogP contribution in [0.15, 0.2) is 40.6 Å². The number of halogens is 1. The summed E-state index contributed by atoms with van der Waals surface area (Å²) in [6, 6.07) is 5.67. The van der Waals surface area contributed by atoms with Crippen LogP contribution in [0.25, 0.3) is 5.70 Å². The summed E-state index contributed by atoms with van der Waals surface area (Å²) in [4.78, 5) is 16.2. The zero-order valence-electron chi connectivity index (χ0n) is 11.9. The van der Waals surface area contributed by atoms with Gasteiger partial charge < -0.3 is 16.4 Å². The topological polar surface area (TPSA) is 84.4 Å². The summed E-state index contributed by atoms with van der Waals surface area (Å²) in [5.41, 5.74) is 7.42. The van der Waals surface area contributed by atoms with Crippen LogP contribution in [0.3, 0.4) is 0 Å². The van der Waals surface area contributed by atoms with Crippen LogP contribution in [0.2, 0.25) is 0 Å². The van der Waals surface area contributed by atoms with Gasteiger partial charge in [0.15, 0.2) is 0 Å². The van der Waals surface area contributed by atoms with Gasteiger partial charge in [0.05, 0.1) is 23.3 Å². The van der Waals surface area contributed by atoms with Gasteiger partial charge in [0.1, 0.15) is 11.6 Å². The van der Waals surface area contributed by atoms with E-state index in [4.69, 9.17) is 5.73 Å². The summed E-state index contributed by atoms with van der Waals surface area (Å²) in [6.07, 6.45) is 1.46. The molecule has 2 heterocycles. The van der Waals surface area contributed by atoms with Crippen molar-refractivity contribution >= 4 is 34.9 Å². The molecule has 0 unspecified atom stereocenters. The first-order valence-corrected chi connectivity index (χ1v) is 6.52. The van der Waals surface area contributed by atoms with Gasteiger partial charge in [0, 0.05) is 24.5 Å². The second kappa shape index (κ2) is 5.03. The standard InChI is InChI=1S/C15H14FN5O/c1-8-14-12(20-11-4-3-9(17)5-10(11)16)6-13(22)21(2)15(14)19-7-18-8/h3-7,20H,1,17H2,2H3,(H,18,19). The Balaban J connectivity index is 2.15. The van der Waals surface area contributed by atoms with E-state index in [0.717, 1.165) is 0 Å². The molecule has 0 atom stereocenters. The Bertz CT molecular complexity index is 869. The number of hydrogen-bond donors (Lipinski definition) is 3. The lowest BCUT2D eigenvalue weighted by Gasteiger charge is -2.21. The van der Waals surface area contributed by atoms with E-state index in [-0.39, 0.29) is 11.2 Å². The lowest BCUT2D eigenvalue weighted by Crippen LogP contribution is -2.23. The first kappa shape index (κ1) is 13.9. The molecular weight excluding hydrogens is 285 g/mol. The molecule has 3 rings (SSSR count). The molecule has 0 bridgehead atoms. The smallest absolute Gasteiger partial charge is 0.254 e. The van der Waals surface area contributed by atoms with E-state index in [0.29, 0.717) is 28.5 Å². The van der Waals surface area contributed by atoms with E-state index in [1.54, 1.807) is 13.1 Å². The number of nitrogens with zero attached hydrogens (tertiary/aromatic N) is 2. The average molecular weight is 299 g/mol. The molecule has 1 aromatic heterocycles. The van der Waals surface area contributed by atoms with Crippen LogP contribution in [-0.4, -0.2) is 10.9 Å². The maximum atomic E-state index is 14.0. The molecule has 1 aromatic carbocycles. The van der Waals surface area contributed by atoms with Crippen molar-refractivity contribution in [3.63, 3.8) is 0 Å². The number of pyridine rings is 1. The molecule has 22 heavy (non-hydrogen) atoms. The molecule has 7 heteroatoms. The van der Waals surface area contributed by atoms with Gasteiger partial charge in [-0.25, -0.2) is 9.38 Å². The minimum absolute atomic E-state index is 0.215. The summed E-state index contributed by atoms with van der Waals surface area (Å²) < 4.78 is 15.4. The van der Waals surface area contributed by atoms with E-state index >= 15 is 0 Å². The summed E-state index contributed by atoms with van der Waals surface area (Å²) in [7, 11) is 1.62. The quantitative estimate of drug-likeness (QED) is 0.741. The zero-order valence-corrected chi connectivity index (χ0v) is 11.9. The van der Waals surface area contributed by atoms with Crippen molar-refractivity contribution in [2.45, 2.75) is 0 Å². The zero-order chi connectivity index (χ0) is 15.9. The highest BCUT2D eigenvalue weighted by molar-refractivity contribution is 5.91. The Labute approximate surface area is 125 Å². The molecule has 1 aliphatic heterocycles. The second-order valence-corrected chi connectivity index (χ2v) is 4.90. The fraction of sp³-hybridized carbons (Fsp3) is 0.0667. The van der Waals surface area contributed by atoms with Crippen molar-refractivity contribution in [1.29, 1.82) is 0 Å². The Kier molecular flexibility index (Phi) is 3.17. The number of rotatable bonds is 2. The van der Waals surface area contributed by atoms with Crippen LogP contribution in [0.4, 0.5) is 27.3 Å². The van der Waals surface area contributed by atoms with E-state index in [9.17, 15) is 9.18 Å². The van der Waals surface area contributed by atoms with Gasteiger partial charge in [-0.3, -0.25) is 9.36 Å². The van der Waals surface area contributed by atoms with Crippen LogP contribution in [0, 0.1) is 5.82 Å². The van der Waals surface area contributed by atoms with E-state index < -0.39 is 5.82 Å². The SMILES string of the molecule is C=C1NC=Nc2c1c(Nc1ccc(N)cc1F)cc(=O)n2C. The molecule has 0 radical (unpaired) electrons. The number of nitrogens with one attached hydrogen (secondary N) is 2. The van der Waals surface area contributed by atoms with Gasteiger partial charge in [0.2, 0.25) is 0 Å². The third-order valence-electron chi connectivity index (χ3n) is 3.40. The van der Waals surface area contributed by atoms with Gasteiger partial charge >= 0.3 is 0 Å². The number of hydrogen-bond acceptors (Lipinski definition) is 5. The van der Waals surface area contributed by atoms with Gasteiger partial charge in [-0.05, 0) is 18.2 Å². The highest BCUT2D eigenvalue weighted by Gasteiger charge is 2.19. The minimum atomic E-state index is -0.507. The van der Waals surface area contributed by atoms with Crippen molar-refractivity contribution in [3.8, 4) is 0 Å². The molecule has 0 amide bonds. The van der Waals surface area contributed by atoms with Crippen molar-refractivity contribution in [2.75, 3.05) is 11.1 Å². The van der Waals surface area contributed by atoms with Gasteiger partial charge in [-0.1, -0.05) is 6.58 Å². The predicted molar refractivity (Wildman–Crippen MR) is 86.1 cm³/mol. The van der Waals surface area contributed by atoms with Crippen molar-refractivity contribution < 1.29 is 4.39 Å². The number of aliphatic imine (C=N–C) groups is 1. The third-order valence-corrected chi connectivity index (χ3v) is 3.40. The van der Waals surface area contributed by atoms with E-state index in [1.165, 1.54) is 29.1 Å². The highest BCUT2D eigenvalue weighted by atomic mass is 19.1. The number of benzene rings is 1. The van der Waals surface area contributed by atoms with Crippen LogP contribution in [-0.2, 0) is 7.05 Å². The van der Waals surface area contributed by atoms with Crippen LogP contribution in [0.5, 0.6) is 0 Å². The molecular formula is C15H14FN5O. The molecule has 1 aliphatic rings. The minimum Gasteiger partial charge on any atom is -0.399 e. The first-order valence-electron chi connectivity index (χ1n) is 6.52. The summed E-state index contributed by atoms with van der Waals surface area (Å²) in [5, 5.41) is 5.79. The lowest BCUT2D eigenvalue weighted by atomic mass is 10.1. The summed E-state index contributed by atoms with van der Waals surface area (Å²) in [6.45, 7) is 3.89. The molecule has 0 saturated heterocycles. The van der Waals surface area contributed by atoms with Crippen LogP contribution >= 0.6 is 0 Å². The molecule has 0 aliphatic carbocycles. The molecule has 0 saturated carbocycles. The van der Waals surface area contributed by atoms with Gasteiger partial charge in [-0.15, -0.1) is 0 Å². The van der Waals surface area contributed by atoms with E-state index in [2.05, 4.69) is 22.2 Å². The molecule has 112 valence electrons. The number of anilines is 3. The number of nitrogens with two attached hydrogens (primary N) is 1. The van der Waals surface area contributed by atoms with E-state index in [1.807, 2.05) is 0 Å². The Hall–Kier alpha value is -3.09. The number of aromatic nitrogens is 1. The largest absolute Gasteiger partial charge is 0.399 e. The molecule has 0 spiro atoms. The monoisotopic (exact) mass is 299 g/mol. The Morgan fingerprint density at radius 3 is 2.86 bits per heavy atom. The maximum Gasteiger partial charge on any atom is 0.254 e. The number of nitrogen functional groups attached to an aromatic ring is 1. The van der Waals surface area contributed by atoms with Crippen LogP contribution in [0.1, 0.15) is 5.56 Å². The van der Waals surface area contributed by atoms with Crippen molar-refractivity contribution in [2.24, 2.45) is 12.0 Å². The van der Waals surface area contributed by atoms with Crippen LogP contribution < -0.4 is 21.9 Å². The molecule has 2 aromatic rings. The first-order chi connectivity index (χ1) is 10.5. The average Bonchev–Trinajstić information content (AvgIpc) is 2.47. The molecule has 4 N–H and O–H groups in total. The lowest BCUT2D eigenvalue weighted by molar-refractivity contribution is 0.632. The predicted octanol–water partition coefficient (Wildman–Crippen LogP) is 2.08. The maximum absolute atomic E-state index is 14.0. The van der Waals surface area contributed by atoms with Crippen molar-refractivity contribution in [1.82, 2.24) is 9.88 Å². The fourth-order valence-electron chi connectivity index (χ4n) is 2.25. The summed E-state index contributed by atoms with van der Waals surface area (Å²) >= 11 is 0. The highest BCUT2D eigenvalue weighted by Crippen LogP contribution is 2.33. The van der Waals surface area contributed by atoms with Gasteiger partial charge in [0.25, 0.3) is 5.56 Å². The van der Waals surface area contributed by atoms with Crippen molar-refractivity contribution in [3.05, 3.63) is 52.6 Å². The summed E-state index contributed by atoms with van der Waals surface area (Å²) in [5.74, 6) is -0.0538. The normalized spacial score (nSPS) is 12.7. The Morgan fingerprint density at radius 1 is 1.36 bits per heavy atom. The van der Waals surface area contributed by atoms with Gasteiger partial charge in [-0.2, -0.15) is 0 Å². The second-order valence-electron chi connectivity index (χ2n) is 4.90. The number of fused-ring (bicyclic) bond motifs is 1. The fourth-order valence-corrected chi connectivity index (χ4v) is 2.25.